The molecule has 1 aromatic carbocycles. The first-order valence-corrected chi connectivity index (χ1v) is 6.01. The second kappa shape index (κ2) is 4.17. The lowest BCUT2D eigenvalue weighted by Gasteiger charge is -2.17. The van der Waals surface area contributed by atoms with Crippen molar-refractivity contribution >= 4 is 46.3 Å². The lowest BCUT2D eigenvalue weighted by Crippen LogP contribution is -2.51. The minimum absolute atomic E-state index is 0.130. The van der Waals surface area contributed by atoms with Gasteiger partial charge in [0.25, 0.3) is 11.8 Å². The SMILES string of the molecule is O=C1NC(=S)NC(=O)C1=C1C(=O)C(=O)c2ccccc21. The van der Waals surface area contributed by atoms with Gasteiger partial charge in [-0.2, -0.15) is 0 Å². The Morgan fingerprint density at radius 1 is 0.750 bits per heavy atom. The summed E-state index contributed by atoms with van der Waals surface area (Å²) in [6, 6.07) is 6.22. The predicted octanol–water partition coefficient (Wildman–Crippen LogP) is -0.264. The van der Waals surface area contributed by atoms with E-state index in [0.717, 1.165) is 0 Å². The van der Waals surface area contributed by atoms with E-state index in [4.69, 9.17) is 0 Å². The van der Waals surface area contributed by atoms with Crippen LogP contribution in [0.5, 0.6) is 0 Å². The van der Waals surface area contributed by atoms with Crippen LogP contribution >= 0.6 is 12.2 Å². The van der Waals surface area contributed by atoms with E-state index in [-0.39, 0.29) is 27.4 Å². The van der Waals surface area contributed by atoms with Crippen LogP contribution in [-0.2, 0) is 14.4 Å². The summed E-state index contributed by atoms with van der Waals surface area (Å²) >= 11 is 4.68. The predicted molar refractivity (Wildman–Crippen MR) is 71.6 cm³/mol. The summed E-state index contributed by atoms with van der Waals surface area (Å²) < 4.78 is 0. The number of hydrogen-bond donors (Lipinski definition) is 2. The van der Waals surface area contributed by atoms with Crippen molar-refractivity contribution in [2.45, 2.75) is 0 Å². The van der Waals surface area contributed by atoms with Crippen molar-refractivity contribution in [2.75, 3.05) is 0 Å². The van der Waals surface area contributed by atoms with E-state index in [0.29, 0.717) is 0 Å². The smallest absolute Gasteiger partial charge is 0.263 e. The van der Waals surface area contributed by atoms with Crippen molar-refractivity contribution in [3.8, 4) is 0 Å². The van der Waals surface area contributed by atoms with E-state index in [1.807, 2.05) is 0 Å². The number of nitrogens with one attached hydrogen (secondary N) is 2. The minimum atomic E-state index is -0.862. The number of benzene rings is 1. The van der Waals surface area contributed by atoms with Crippen LogP contribution in [0.15, 0.2) is 29.8 Å². The summed E-state index contributed by atoms with van der Waals surface area (Å²) in [5, 5.41) is 4.35. The maximum Gasteiger partial charge on any atom is 0.263 e. The van der Waals surface area contributed by atoms with Crippen molar-refractivity contribution in [1.29, 1.82) is 0 Å². The molecule has 0 atom stereocenters. The zero-order chi connectivity index (χ0) is 14.4. The Labute approximate surface area is 117 Å². The number of Topliss-reactive ketones (excluding diaryl/α,β-unsaturated/α-hetero) is 2. The molecule has 20 heavy (non-hydrogen) atoms. The molecule has 98 valence electrons. The number of hydrogen-bond acceptors (Lipinski definition) is 5. The van der Waals surface area contributed by atoms with E-state index < -0.39 is 23.4 Å². The number of carbonyl (C=O) groups is 4. The average molecular weight is 286 g/mol. The highest BCUT2D eigenvalue weighted by Gasteiger charge is 2.40. The Bertz CT molecular complexity index is 741. The van der Waals surface area contributed by atoms with Crippen molar-refractivity contribution in [3.63, 3.8) is 0 Å². The molecule has 1 aromatic rings. The third kappa shape index (κ3) is 1.60. The molecule has 1 aliphatic heterocycles. The second-order valence-corrected chi connectivity index (χ2v) is 4.60. The van der Waals surface area contributed by atoms with Gasteiger partial charge in [0.1, 0.15) is 5.57 Å². The van der Waals surface area contributed by atoms with Gasteiger partial charge in [-0.25, -0.2) is 0 Å². The largest absolute Gasteiger partial charge is 0.299 e. The number of allylic oxidation sites excluding steroid dienone is 1. The first-order valence-electron chi connectivity index (χ1n) is 5.60. The molecule has 2 aliphatic rings. The minimum Gasteiger partial charge on any atom is -0.299 e. The standard InChI is InChI=1S/C13H6N2O4S/c16-9-6-4-2-1-3-5(6)7(10(9)17)8-11(18)14-13(20)15-12(8)19/h1-4H,(H2,14,15,18,19,20). The molecule has 2 N–H and O–H groups in total. The molecule has 0 radical (unpaired) electrons. The highest BCUT2D eigenvalue weighted by molar-refractivity contribution is 7.80. The van der Waals surface area contributed by atoms with Crippen LogP contribution in [0.25, 0.3) is 5.57 Å². The maximum atomic E-state index is 12.0. The summed E-state index contributed by atoms with van der Waals surface area (Å²) in [6.07, 6.45) is 0. The number of rotatable bonds is 0. The summed E-state index contributed by atoms with van der Waals surface area (Å²) in [4.78, 5) is 47.7. The third-order valence-corrected chi connectivity index (χ3v) is 3.24. The van der Waals surface area contributed by atoms with Crippen LogP contribution < -0.4 is 10.6 Å². The maximum absolute atomic E-state index is 12.0. The van der Waals surface area contributed by atoms with E-state index in [2.05, 4.69) is 22.9 Å². The van der Waals surface area contributed by atoms with Gasteiger partial charge in [-0.3, -0.25) is 29.8 Å². The molecule has 1 fully saturated rings. The van der Waals surface area contributed by atoms with Gasteiger partial charge < -0.3 is 0 Å². The van der Waals surface area contributed by atoms with Crippen LogP contribution in [0, 0.1) is 0 Å². The molecule has 0 aromatic heterocycles. The molecule has 6 nitrogen and oxygen atoms in total. The van der Waals surface area contributed by atoms with Gasteiger partial charge in [0.2, 0.25) is 11.6 Å². The van der Waals surface area contributed by atoms with Crippen LogP contribution in [0.2, 0.25) is 0 Å². The van der Waals surface area contributed by atoms with Gasteiger partial charge in [-0.05, 0) is 17.8 Å². The third-order valence-electron chi connectivity index (χ3n) is 3.03. The van der Waals surface area contributed by atoms with Gasteiger partial charge >= 0.3 is 0 Å². The summed E-state index contributed by atoms with van der Waals surface area (Å²) in [6.45, 7) is 0. The first kappa shape index (κ1) is 12.4. The summed E-state index contributed by atoms with van der Waals surface area (Å²) in [5.41, 5.74) is -0.0885. The van der Waals surface area contributed by atoms with Crippen molar-refractivity contribution in [3.05, 3.63) is 41.0 Å². The molecule has 0 spiro atoms. The van der Waals surface area contributed by atoms with Gasteiger partial charge in [-0.15, -0.1) is 0 Å². The number of fused-ring (bicyclic) bond motifs is 1. The lowest BCUT2D eigenvalue weighted by molar-refractivity contribution is -0.123. The lowest BCUT2D eigenvalue weighted by atomic mass is 9.99. The van der Waals surface area contributed by atoms with Gasteiger partial charge in [-0.1, -0.05) is 24.3 Å². The topological polar surface area (TPSA) is 92.3 Å². The molecule has 0 unspecified atom stereocenters. The normalized spacial score (nSPS) is 18.1. The summed E-state index contributed by atoms with van der Waals surface area (Å²) in [7, 11) is 0. The van der Waals surface area contributed by atoms with E-state index >= 15 is 0 Å². The van der Waals surface area contributed by atoms with E-state index in [9.17, 15) is 19.2 Å². The molecule has 2 amide bonds. The van der Waals surface area contributed by atoms with Gasteiger partial charge in [0.15, 0.2) is 5.11 Å². The number of carbonyl (C=O) groups excluding carboxylic acids is 4. The highest BCUT2D eigenvalue weighted by Crippen LogP contribution is 2.32. The quantitative estimate of drug-likeness (QED) is 0.296. The van der Waals surface area contributed by atoms with Crippen LogP contribution in [0.3, 0.4) is 0 Å². The fraction of sp³-hybridized carbons (Fsp3) is 0. The van der Waals surface area contributed by atoms with E-state index in [1.54, 1.807) is 12.1 Å². The van der Waals surface area contributed by atoms with Crippen LogP contribution in [0.4, 0.5) is 0 Å². The Balaban J connectivity index is 2.28. The molecule has 7 heteroatoms. The summed E-state index contributed by atoms with van der Waals surface area (Å²) in [5.74, 6) is -3.16. The van der Waals surface area contributed by atoms with E-state index in [1.165, 1.54) is 12.1 Å². The van der Waals surface area contributed by atoms with Crippen molar-refractivity contribution in [2.24, 2.45) is 0 Å². The number of thiocarbonyl (C=S) groups is 1. The number of ketones is 2. The Hall–Kier alpha value is -2.67. The highest BCUT2D eigenvalue weighted by atomic mass is 32.1. The molecule has 0 saturated carbocycles. The van der Waals surface area contributed by atoms with Crippen LogP contribution in [-0.4, -0.2) is 28.5 Å². The zero-order valence-electron chi connectivity index (χ0n) is 9.85. The molecule has 0 bridgehead atoms. The Morgan fingerprint density at radius 3 is 1.90 bits per heavy atom. The second-order valence-electron chi connectivity index (χ2n) is 4.19. The Kier molecular flexibility index (Phi) is 2.58. The van der Waals surface area contributed by atoms with Gasteiger partial charge in [0, 0.05) is 5.56 Å². The fourth-order valence-corrected chi connectivity index (χ4v) is 2.38. The molecule has 3 rings (SSSR count). The molecular weight excluding hydrogens is 280 g/mol. The zero-order valence-corrected chi connectivity index (χ0v) is 10.7. The number of amides is 2. The molecule has 1 heterocycles. The molecule has 1 saturated heterocycles. The first-order chi connectivity index (χ1) is 9.50. The van der Waals surface area contributed by atoms with Crippen LogP contribution in [0.1, 0.15) is 15.9 Å². The van der Waals surface area contributed by atoms with Gasteiger partial charge in [0.05, 0.1) is 5.57 Å². The fourth-order valence-electron chi connectivity index (χ4n) is 2.20. The average Bonchev–Trinajstić information content (AvgIpc) is 2.64. The monoisotopic (exact) mass is 286 g/mol. The van der Waals surface area contributed by atoms with Crippen molar-refractivity contribution < 1.29 is 19.2 Å². The van der Waals surface area contributed by atoms with Crippen molar-refractivity contribution in [1.82, 2.24) is 10.6 Å². The molecular formula is C13H6N2O4S. The molecule has 1 aliphatic carbocycles. The Morgan fingerprint density at radius 2 is 1.30 bits per heavy atom.